The van der Waals surface area contributed by atoms with Crippen LogP contribution in [0.25, 0.3) is 16.8 Å². The fraction of sp³-hybridized carbons (Fsp3) is 0.143. The van der Waals surface area contributed by atoms with Gasteiger partial charge in [-0.25, -0.2) is 18.7 Å². The van der Waals surface area contributed by atoms with E-state index in [0.717, 1.165) is 11.1 Å². The summed E-state index contributed by atoms with van der Waals surface area (Å²) in [6, 6.07) is 13.8. The number of nitrogens with zero attached hydrogens (tertiary/aromatic N) is 2. The Morgan fingerprint density at radius 1 is 1.03 bits per heavy atom. The predicted molar refractivity (Wildman–Crippen MR) is 135 cm³/mol. The summed E-state index contributed by atoms with van der Waals surface area (Å²) in [7, 11) is 3.13. The van der Waals surface area contributed by atoms with Crippen molar-refractivity contribution in [1.82, 2.24) is 15.3 Å². The second kappa shape index (κ2) is 9.68. The molecule has 1 unspecified atom stereocenters. The van der Waals surface area contributed by atoms with Crippen LogP contribution in [0.1, 0.15) is 34.1 Å². The number of rotatable bonds is 5. The normalized spacial score (nSPS) is 14.4. The Morgan fingerprint density at radius 3 is 2.50 bits per heavy atom. The van der Waals surface area contributed by atoms with Crippen LogP contribution in [0.4, 0.5) is 8.78 Å². The zero-order valence-corrected chi connectivity index (χ0v) is 20.4. The molecule has 182 valence electrons. The highest BCUT2D eigenvalue weighted by Gasteiger charge is 2.29. The van der Waals surface area contributed by atoms with Crippen molar-refractivity contribution >= 4 is 17.2 Å². The highest BCUT2D eigenvalue weighted by Crippen LogP contribution is 2.39. The number of benzene rings is 3. The predicted octanol–water partition coefficient (Wildman–Crippen LogP) is 6.35. The molecule has 5 rings (SSSR count). The summed E-state index contributed by atoms with van der Waals surface area (Å²) in [6.45, 7) is 4.49. The summed E-state index contributed by atoms with van der Waals surface area (Å²) in [5.74, 6) is 0.290. The summed E-state index contributed by atoms with van der Waals surface area (Å²) < 4.78 is 40.3. The van der Waals surface area contributed by atoms with E-state index >= 15 is 0 Å². The highest BCUT2D eigenvalue weighted by atomic mass is 35.5. The molecule has 0 amide bonds. The molecule has 5 nitrogen and oxygen atoms in total. The van der Waals surface area contributed by atoms with Crippen LogP contribution >= 0.6 is 11.6 Å². The van der Waals surface area contributed by atoms with E-state index in [9.17, 15) is 8.78 Å². The number of aromatic nitrogens is 2. The topological polar surface area (TPSA) is 56.3 Å². The van der Waals surface area contributed by atoms with Crippen molar-refractivity contribution in [2.45, 2.75) is 12.6 Å². The maximum absolute atomic E-state index is 14.8. The van der Waals surface area contributed by atoms with Gasteiger partial charge in [-0.2, -0.15) is 0 Å². The third kappa shape index (κ3) is 4.21. The Labute approximate surface area is 212 Å². The van der Waals surface area contributed by atoms with Gasteiger partial charge in [0.05, 0.1) is 26.0 Å². The summed E-state index contributed by atoms with van der Waals surface area (Å²) in [6.07, 6.45) is 1.70. The van der Waals surface area contributed by atoms with Gasteiger partial charge in [-0.05, 0) is 47.5 Å². The summed E-state index contributed by atoms with van der Waals surface area (Å²) in [4.78, 5) is 9.37. The third-order valence-corrected chi connectivity index (χ3v) is 6.47. The lowest BCUT2D eigenvalue weighted by Gasteiger charge is -2.20. The number of methoxy groups -OCH3 is 2. The van der Waals surface area contributed by atoms with Gasteiger partial charge in [0.1, 0.15) is 11.6 Å². The Bertz CT molecular complexity index is 1470. The van der Waals surface area contributed by atoms with Crippen molar-refractivity contribution in [3.63, 3.8) is 0 Å². The van der Waals surface area contributed by atoms with E-state index in [4.69, 9.17) is 26.1 Å². The molecule has 8 heteroatoms. The lowest BCUT2D eigenvalue weighted by Crippen LogP contribution is -2.23. The van der Waals surface area contributed by atoms with E-state index in [1.165, 1.54) is 18.2 Å². The molecule has 1 atom stereocenters. The second-order valence-electron chi connectivity index (χ2n) is 8.30. The third-order valence-electron chi connectivity index (χ3n) is 6.23. The van der Waals surface area contributed by atoms with E-state index in [1.54, 1.807) is 38.6 Å². The molecule has 0 saturated heterocycles. The molecule has 4 aromatic rings. The minimum Gasteiger partial charge on any atom is -0.493 e. The zero-order valence-electron chi connectivity index (χ0n) is 19.6. The van der Waals surface area contributed by atoms with E-state index < -0.39 is 17.7 Å². The monoisotopic (exact) mass is 505 g/mol. The largest absolute Gasteiger partial charge is 0.493 e. The standard InChI is InChI=1S/C28H22ClF2N3O2/c1-15(16-7-10-23(35-2)24(11-16)36-3)28-33-14-17-13-32-27(25-21(30)5-4-6-22(25)31)20-12-18(29)8-9-19(20)26(17)34-28/h4-12,14,27,32H,1,13H2,2-3H3. The average Bonchev–Trinajstić information content (AvgIpc) is 3.04. The van der Waals surface area contributed by atoms with E-state index in [1.807, 2.05) is 18.2 Å². The lowest BCUT2D eigenvalue weighted by atomic mass is 9.92. The molecule has 0 spiro atoms. The first-order valence-corrected chi connectivity index (χ1v) is 11.5. The van der Waals surface area contributed by atoms with Crippen molar-refractivity contribution in [3.8, 4) is 22.8 Å². The van der Waals surface area contributed by atoms with Gasteiger partial charge >= 0.3 is 0 Å². The molecule has 3 aromatic carbocycles. The zero-order chi connectivity index (χ0) is 25.4. The SMILES string of the molecule is C=C(c1ccc(OC)c(OC)c1)c1ncc2c(n1)-c1ccc(Cl)cc1C(c1c(F)cccc1F)NC2. The number of ether oxygens (including phenoxy) is 2. The molecule has 1 aromatic heterocycles. The maximum atomic E-state index is 14.8. The van der Waals surface area contributed by atoms with Crippen molar-refractivity contribution in [2.75, 3.05) is 14.2 Å². The van der Waals surface area contributed by atoms with Crippen molar-refractivity contribution < 1.29 is 18.3 Å². The van der Waals surface area contributed by atoms with Gasteiger partial charge in [0, 0.05) is 40.0 Å². The molecule has 0 aliphatic carbocycles. The fourth-order valence-electron chi connectivity index (χ4n) is 4.42. The van der Waals surface area contributed by atoms with Gasteiger partial charge in [-0.1, -0.05) is 36.4 Å². The van der Waals surface area contributed by atoms with Crippen LogP contribution in [-0.2, 0) is 6.54 Å². The Kier molecular flexibility index (Phi) is 6.43. The molecule has 0 radical (unpaired) electrons. The van der Waals surface area contributed by atoms with Crippen LogP contribution in [0.15, 0.2) is 67.4 Å². The van der Waals surface area contributed by atoms with E-state index in [0.29, 0.717) is 51.3 Å². The van der Waals surface area contributed by atoms with Crippen LogP contribution in [0.3, 0.4) is 0 Å². The summed E-state index contributed by atoms with van der Waals surface area (Å²) in [5, 5.41) is 3.70. The average molecular weight is 506 g/mol. The first kappa shape index (κ1) is 23.9. The van der Waals surface area contributed by atoms with E-state index in [2.05, 4.69) is 16.9 Å². The first-order valence-electron chi connectivity index (χ1n) is 11.2. The van der Waals surface area contributed by atoms with Gasteiger partial charge < -0.3 is 14.8 Å². The number of halogens is 3. The molecular formula is C28H22ClF2N3O2. The van der Waals surface area contributed by atoms with Crippen LogP contribution in [0.2, 0.25) is 5.02 Å². The number of hydrogen-bond acceptors (Lipinski definition) is 5. The molecule has 0 bridgehead atoms. The molecule has 1 N–H and O–H groups in total. The van der Waals surface area contributed by atoms with Crippen molar-refractivity contribution in [3.05, 3.63) is 112 Å². The molecular weight excluding hydrogens is 484 g/mol. The van der Waals surface area contributed by atoms with Crippen LogP contribution in [0.5, 0.6) is 11.5 Å². The molecule has 1 aliphatic rings. The van der Waals surface area contributed by atoms with Crippen molar-refractivity contribution in [1.29, 1.82) is 0 Å². The molecule has 0 fully saturated rings. The quantitative estimate of drug-likeness (QED) is 0.342. The lowest BCUT2D eigenvalue weighted by molar-refractivity contribution is 0.355. The Morgan fingerprint density at radius 2 is 1.78 bits per heavy atom. The van der Waals surface area contributed by atoms with Gasteiger partial charge in [0.2, 0.25) is 0 Å². The van der Waals surface area contributed by atoms with Gasteiger partial charge in [-0.15, -0.1) is 0 Å². The smallest absolute Gasteiger partial charge is 0.161 e. The van der Waals surface area contributed by atoms with Crippen molar-refractivity contribution in [2.24, 2.45) is 0 Å². The molecule has 2 heterocycles. The summed E-state index contributed by atoms with van der Waals surface area (Å²) in [5.41, 5.74) is 4.02. The Hall–Kier alpha value is -3.81. The first-order chi connectivity index (χ1) is 17.4. The molecule has 36 heavy (non-hydrogen) atoms. The Balaban J connectivity index is 1.62. The highest BCUT2D eigenvalue weighted by molar-refractivity contribution is 6.30. The number of nitrogens with one attached hydrogen (secondary N) is 1. The second-order valence-corrected chi connectivity index (χ2v) is 8.73. The summed E-state index contributed by atoms with van der Waals surface area (Å²) >= 11 is 6.32. The maximum Gasteiger partial charge on any atom is 0.161 e. The minimum atomic E-state index is -0.772. The van der Waals surface area contributed by atoms with Gasteiger partial charge in [0.25, 0.3) is 0 Å². The number of hydrogen-bond donors (Lipinski definition) is 1. The fourth-order valence-corrected chi connectivity index (χ4v) is 4.60. The number of fused-ring (bicyclic) bond motifs is 3. The van der Waals surface area contributed by atoms with Gasteiger partial charge in [-0.3, -0.25) is 0 Å². The van der Waals surface area contributed by atoms with Gasteiger partial charge in [0.15, 0.2) is 17.3 Å². The van der Waals surface area contributed by atoms with E-state index in [-0.39, 0.29) is 5.56 Å². The van der Waals surface area contributed by atoms with Crippen LogP contribution in [0, 0.1) is 11.6 Å². The van der Waals surface area contributed by atoms with Crippen LogP contribution < -0.4 is 14.8 Å². The minimum absolute atomic E-state index is 0.0725. The van der Waals surface area contributed by atoms with Crippen LogP contribution in [-0.4, -0.2) is 24.2 Å². The molecule has 1 aliphatic heterocycles. The molecule has 0 saturated carbocycles.